The summed E-state index contributed by atoms with van der Waals surface area (Å²) in [6, 6.07) is 27.1. The van der Waals surface area contributed by atoms with E-state index in [4.69, 9.17) is 11.6 Å². The third kappa shape index (κ3) is 3.84. The van der Waals surface area contributed by atoms with Crippen molar-refractivity contribution in [2.75, 3.05) is 4.90 Å². The Morgan fingerprint density at radius 1 is 0.955 bits per heavy atom. The summed E-state index contributed by atoms with van der Waals surface area (Å²) in [6.45, 7) is 0. The van der Waals surface area contributed by atoms with Gasteiger partial charge in [0.1, 0.15) is 5.69 Å². The van der Waals surface area contributed by atoms with Gasteiger partial charge in [-0.3, -0.25) is 24.5 Å². The van der Waals surface area contributed by atoms with E-state index in [1.807, 2.05) is 48.5 Å². The summed E-state index contributed by atoms with van der Waals surface area (Å²) < 4.78 is 0. The predicted molar refractivity (Wildman–Crippen MR) is 161 cm³/mol. The van der Waals surface area contributed by atoms with Crippen molar-refractivity contribution in [3.63, 3.8) is 0 Å². The molecule has 3 atom stereocenters. The van der Waals surface area contributed by atoms with Gasteiger partial charge in [0, 0.05) is 23.2 Å². The number of hydrogen-bond donors (Lipinski definition) is 2. The summed E-state index contributed by atoms with van der Waals surface area (Å²) in [6.07, 6.45) is -0.0333. The van der Waals surface area contributed by atoms with E-state index in [2.05, 4.69) is 10.5 Å². The van der Waals surface area contributed by atoms with Gasteiger partial charge in [0.25, 0.3) is 11.6 Å². The Morgan fingerprint density at radius 3 is 2.20 bits per heavy atom. The van der Waals surface area contributed by atoms with Gasteiger partial charge in [-0.25, -0.2) is 10.3 Å². The minimum Gasteiger partial charge on any atom is -0.378 e. The molecular formula is C33H23ClN4O6. The molecule has 2 bridgehead atoms. The van der Waals surface area contributed by atoms with Gasteiger partial charge in [-0.05, 0) is 39.9 Å². The average Bonchev–Trinajstić information content (AvgIpc) is 3.31. The zero-order valence-corrected chi connectivity index (χ0v) is 23.6. The lowest BCUT2D eigenvalue weighted by atomic mass is 9.47. The largest absolute Gasteiger partial charge is 0.378 e. The first-order valence-electron chi connectivity index (χ1n) is 13.8. The van der Waals surface area contributed by atoms with Gasteiger partial charge in [-0.2, -0.15) is 5.10 Å². The summed E-state index contributed by atoms with van der Waals surface area (Å²) in [5.41, 5.74) is 3.96. The van der Waals surface area contributed by atoms with E-state index >= 15 is 0 Å². The molecule has 11 heteroatoms. The second-order valence-corrected chi connectivity index (χ2v) is 11.4. The lowest BCUT2D eigenvalue weighted by Gasteiger charge is -2.52. The van der Waals surface area contributed by atoms with Gasteiger partial charge in [0.15, 0.2) is 6.10 Å². The number of hydrazone groups is 1. The summed E-state index contributed by atoms with van der Waals surface area (Å²) in [5.74, 6) is -4.40. The van der Waals surface area contributed by atoms with Gasteiger partial charge >= 0.3 is 0 Å². The van der Waals surface area contributed by atoms with E-state index in [0.717, 1.165) is 33.2 Å². The number of amides is 3. The molecule has 1 fully saturated rings. The van der Waals surface area contributed by atoms with Crippen molar-refractivity contribution in [1.29, 1.82) is 0 Å². The van der Waals surface area contributed by atoms with Gasteiger partial charge in [-0.1, -0.05) is 90.5 Å². The van der Waals surface area contributed by atoms with Crippen LogP contribution in [0.15, 0.2) is 102 Å². The molecule has 4 aromatic carbocycles. The highest BCUT2D eigenvalue weighted by atomic mass is 35.5. The van der Waals surface area contributed by atoms with Gasteiger partial charge in [-0.15, -0.1) is 0 Å². The van der Waals surface area contributed by atoms with Crippen LogP contribution >= 0.6 is 11.6 Å². The maximum absolute atomic E-state index is 14.5. The number of halogens is 1. The molecule has 1 heterocycles. The molecule has 1 aliphatic heterocycles. The van der Waals surface area contributed by atoms with Crippen molar-refractivity contribution in [2.45, 2.75) is 17.4 Å². The number of nitrogens with one attached hydrogen (secondary N) is 1. The Hall–Kier alpha value is -5.19. The molecule has 0 spiro atoms. The zero-order chi connectivity index (χ0) is 30.7. The lowest BCUT2D eigenvalue weighted by Crippen LogP contribution is -2.54. The monoisotopic (exact) mass is 606 g/mol. The Kier molecular flexibility index (Phi) is 6.42. The highest BCUT2D eigenvalue weighted by Gasteiger charge is 2.68. The van der Waals surface area contributed by atoms with E-state index in [-0.39, 0.29) is 10.7 Å². The van der Waals surface area contributed by atoms with Gasteiger partial charge in [0.05, 0.1) is 22.2 Å². The quantitative estimate of drug-likeness (QED) is 0.142. The first-order valence-corrected chi connectivity index (χ1v) is 14.2. The zero-order valence-electron chi connectivity index (χ0n) is 22.8. The SMILES string of the molecule is O=C(N/N=C\C12c3ccccc3C(c3ccccc31)[C@@H]1C(=O)N(c3ccc(Cl)cc3[N+](=O)[O-])C(=O)[C@@H]12)[C@@H](O)c1ccccc1. The number of rotatable bonds is 6. The molecule has 4 aliphatic rings. The van der Waals surface area contributed by atoms with Crippen LogP contribution in [-0.4, -0.2) is 34.0 Å². The fourth-order valence-corrected chi connectivity index (χ4v) is 7.33. The smallest absolute Gasteiger partial charge is 0.294 e. The fourth-order valence-electron chi connectivity index (χ4n) is 7.16. The first kappa shape index (κ1) is 27.6. The van der Waals surface area contributed by atoms with E-state index in [9.17, 15) is 29.6 Å². The van der Waals surface area contributed by atoms with E-state index in [0.29, 0.717) is 5.56 Å². The van der Waals surface area contributed by atoms with Crippen LogP contribution in [0.2, 0.25) is 5.02 Å². The van der Waals surface area contributed by atoms with Gasteiger partial charge in [0.2, 0.25) is 11.8 Å². The topological polar surface area (TPSA) is 142 Å². The number of hydrogen-bond acceptors (Lipinski definition) is 7. The first-order chi connectivity index (χ1) is 21.3. The summed E-state index contributed by atoms with van der Waals surface area (Å²) in [7, 11) is 0. The number of anilines is 1. The molecule has 8 rings (SSSR count). The Balaban J connectivity index is 1.38. The number of nitrogens with zero attached hydrogens (tertiary/aromatic N) is 3. The number of carbonyl (C=O) groups is 3. The molecule has 0 radical (unpaired) electrons. The second kappa shape index (κ2) is 10.2. The number of aliphatic hydroxyl groups excluding tert-OH is 1. The molecule has 2 N–H and O–H groups in total. The minimum atomic E-state index is -1.49. The summed E-state index contributed by atoms with van der Waals surface area (Å²) in [5, 5.41) is 27.0. The normalized spacial score (nSPS) is 23.7. The number of benzene rings is 4. The molecule has 1 saturated heterocycles. The van der Waals surface area contributed by atoms with Crippen molar-refractivity contribution in [3.8, 4) is 0 Å². The third-order valence-electron chi connectivity index (χ3n) is 8.87. The molecule has 3 aliphatic carbocycles. The molecule has 3 amide bonds. The van der Waals surface area contributed by atoms with Crippen LogP contribution in [-0.2, 0) is 19.8 Å². The lowest BCUT2D eigenvalue weighted by molar-refractivity contribution is -0.384. The van der Waals surface area contributed by atoms with Gasteiger partial charge < -0.3 is 5.11 Å². The predicted octanol–water partition coefficient (Wildman–Crippen LogP) is 4.63. The van der Waals surface area contributed by atoms with Crippen LogP contribution < -0.4 is 10.3 Å². The van der Waals surface area contributed by atoms with Crippen LogP contribution in [0.4, 0.5) is 11.4 Å². The standard InChI is InChI=1S/C33H23ClN4O6/c34-19-14-15-24(25(16-19)38(43)44)37-31(41)27-26-20-10-4-6-12-22(20)33(28(27)32(37)42,23-13-7-5-11-21(23)26)17-35-36-30(40)29(39)18-8-2-1-3-9-18/h1-17,26-29,39H,(H,36,40)/b35-17-/t26?,27-,28+,29-,33?/m0/s1. The molecule has 218 valence electrons. The third-order valence-corrected chi connectivity index (χ3v) is 9.10. The maximum Gasteiger partial charge on any atom is 0.294 e. The summed E-state index contributed by atoms with van der Waals surface area (Å²) in [4.78, 5) is 53.9. The van der Waals surface area contributed by atoms with Crippen LogP contribution in [0.5, 0.6) is 0 Å². The molecule has 0 unspecified atom stereocenters. The average molecular weight is 607 g/mol. The number of carbonyl (C=O) groups excluding carboxylic acids is 3. The van der Waals surface area contributed by atoms with E-state index in [1.54, 1.807) is 30.3 Å². The van der Waals surface area contributed by atoms with Crippen LogP contribution in [0.25, 0.3) is 0 Å². The summed E-state index contributed by atoms with van der Waals surface area (Å²) >= 11 is 6.04. The van der Waals surface area contributed by atoms with Crippen LogP contribution in [0.3, 0.4) is 0 Å². The van der Waals surface area contributed by atoms with Crippen molar-refractivity contribution in [3.05, 3.63) is 140 Å². The number of nitro groups is 1. The minimum absolute atomic E-state index is 0.0916. The van der Waals surface area contributed by atoms with Crippen LogP contribution in [0, 0.1) is 22.0 Å². The molecular weight excluding hydrogens is 584 g/mol. The molecule has 4 aromatic rings. The maximum atomic E-state index is 14.5. The van der Waals surface area contributed by atoms with Crippen molar-refractivity contribution in [1.82, 2.24) is 5.43 Å². The molecule has 0 aromatic heterocycles. The Labute approximate surface area is 255 Å². The van der Waals surface area contributed by atoms with E-state index in [1.165, 1.54) is 18.3 Å². The second-order valence-electron chi connectivity index (χ2n) is 11.0. The van der Waals surface area contributed by atoms with Crippen LogP contribution in [0.1, 0.15) is 39.8 Å². The number of imide groups is 1. The Morgan fingerprint density at radius 2 is 1.57 bits per heavy atom. The number of nitro benzene ring substituents is 1. The molecule has 0 saturated carbocycles. The van der Waals surface area contributed by atoms with Crippen molar-refractivity contribution in [2.24, 2.45) is 16.9 Å². The molecule has 44 heavy (non-hydrogen) atoms. The fraction of sp³-hybridized carbons (Fsp3) is 0.152. The number of aliphatic hydroxyl groups is 1. The molecule has 10 nitrogen and oxygen atoms in total. The van der Waals surface area contributed by atoms with E-state index < -0.39 is 57.6 Å². The van der Waals surface area contributed by atoms with Crippen molar-refractivity contribution >= 4 is 46.9 Å². The Bertz CT molecular complexity index is 1860. The highest BCUT2D eigenvalue weighted by molar-refractivity contribution is 6.31. The highest BCUT2D eigenvalue weighted by Crippen LogP contribution is 2.64. The van der Waals surface area contributed by atoms with Crippen molar-refractivity contribution < 1.29 is 24.4 Å².